The fourth-order valence-corrected chi connectivity index (χ4v) is 3.17. The van der Waals surface area contributed by atoms with Gasteiger partial charge in [0.1, 0.15) is 24.2 Å². The summed E-state index contributed by atoms with van der Waals surface area (Å²) in [6, 6.07) is 8.59. The first kappa shape index (κ1) is 21.9. The molecule has 7 nitrogen and oxygen atoms in total. The molecule has 1 aromatic heterocycles. The number of phenolic OH excluding ortho intramolecular Hbond substituents is 1. The van der Waals surface area contributed by atoms with Crippen LogP contribution < -0.4 is 14.8 Å². The monoisotopic (exact) mass is 419 g/mol. The first-order valence-corrected chi connectivity index (χ1v) is 10.1. The van der Waals surface area contributed by atoms with E-state index in [2.05, 4.69) is 21.2 Å². The predicted octanol–water partition coefficient (Wildman–Crippen LogP) is 4.60. The van der Waals surface area contributed by atoms with Crippen LogP contribution in [-0.2, 0) is 4.79 Å². The second-order valence-corrected chi connectivity index (χ2v) is 6.96. The number of nitrogens with one attached hydrogen (secondary N) is 1. The van der Waals surface area contributed by atoms with Gasteiger partial charge in [0.15, 0.2) is 11.5 Å². The minimum absolute atomic E-state index is 0.0483. The minimum atomic E-state index is 0.0483. The molecule has 3 rings (SSSR count). The summed E-state index contributed by atoms with van der Waals surface area (Å²) in [5.74, 6) is 4.28. The van der Waals surface area contributed by atoms with Gasteiger partial charge in [-0.2, -0.15) is 0 Å². The topological polar surface area (TPSA) is 93.6 Å². The molecule has 1 heterocycles. The number of anilines is 2. The van der Waals surface area contributed by atoms with Gasteiger partial charge in [0.05, 0.1) is 24.8 Å². The number of hydrogen-bond donors (Lipinski definition) is 2. The molecule has 0 fully saturated rings. The van der Waals surface area contributed by atoms with Crippen molar-refractivity contribution in [2.24, 2.45) is 0 Å². The summed E-state index contributed by atoms with van der Waals surface area (Å²) in [7, 11) is 1.59. The van der Waals surface area contributed by atoms with Crippen molar-refractivity contribution in [3.05, 3.63) is 42.2 Å². The molecule has 0 aliphatic carbocycles. The molecule has 0 radical (unpaired) electrons. The maximum atomic E-state index is 10.4. The number of fused-ring (bicyclic) bond motifs is 1. The van der Waals surface area contributed by atoms with Crippen LogP contribution in [0.1, 0.15) is 37.7 Å². The number of rotatable bonds is 11. The maximum absolute atomic E-state index is 10.4. The van der Waals surface area contributed by atoms with Gasteiger partial charge in [-0.1, -0.05) is 18.8 Å². The van der Waals surface area contributed by atoms with Crippen LogP contribution in [0.5, 0.6) is 17.2 Å². The summed E-state index contributed by atoms with van der Waals surface area (Å²) in [5, 5.41) is 13.8. The Hall–Kier alpha value is -3.79. The molecule has 31 heavy (non-hydrogen) atoms. The molecule has 0 aliphatic rings. The quantitative estimate of drug-likeness (QED) is 0.203. The number of terminal acetylenes is 1. The van der Waals surface area contributed by atoms with Crippen molar-refractivity contribution in [1.82, 2.24) is 9.97 Å². The van der Waals surface area contributed by atoms with Gasteiger partial charge >= 0.3 is 0 Å². The maximum Gasteiger partial charge on any atom is 0.162 e. The van der Waals surface area contributed by atoms with Crippen molar-refractivity contribution in [3.63, 3.8) is 0 Å². The third kappa shape index (κ3) is 5.64. The Balaban J connectivity index is 1.79. The van der Waals surface area contributed by atoms with Crippen LogP contribution >= 0.6 is 0 Å². The van der Waals surface area contributed by atoms with Crippen LogP contribution in [0.25, 0.3) is 10.9 Å². The number of hydrogen-bond acceptors (Lipinski definition) is 7. The van der Waals surface area contributed by atoms with Crippen LogP contribution in [0.3, 0.4) is 0 Å². The first-order valence-electron chi connectivity index (χ1n) is 10.1. The zero-order chi connectivity index (χ0) is 22.1. The van der Waals surface area contributed by atoms with Crippen molar-refractivity contribution >= 4 is 28.7 Å². The molecule has 0 amide bonds. The number of aromatic nitrogens is 2. The van der Waals surface area contributed by atoms with E-state index in [-0.39, 0.29) is 5.75 Å². The van der Waals surface area contributed by atoms with Crippen LogP contribution in [0, 0.1) is 12.3 Å². The van der Waals surface area contributed by atoms with Crippen molar-refractivity contribution in [3.8, 4) is 29.6 Å². The second-order valence-electron chi connectivity index (χ2n) is 6.96. The number of carbonyl (C=O) groups excluding carboxylic acids is 1. The van der Waals surface area contributed by atoms with Gasteiger partial charge in [-0.05, 0) is 37.1 Å². The summed E-state index contributed by atoms with van der Waals surface area (Å²) >= 11 is 0. The standard InChI is InChI=1S/C24H25N3O4/c1-3-17-13-18(9-10-21(17)29)27-24-19-14-23(31-12-8-6-4-5-7-11-28)22(30-2)15-20(19)25-16-26-24/h1,9-11,13-16,29H,4-8,12H2,2H3,(H,25,26,27). The lowest BCUT2D eigenvalue weighted by atomic mass is 10.1. The SMILES string of the molecule is C#Cc1cc(Nc2ncnc3cc(OC)c(OCCCCCCC=O)cc23)ccc1O. The highest BCUT2D eigenvalue weighted by molar-refractivity contribution is 5.93. The Morgan fingerprint density at radius 3 is 2.74 bits per heavy atom. The second kappa shape index (κ2) is 10.8. The Labute approximate surface area is 181 Å². The highest BCUT2D eigenvalue weighted by atomic mass is 16.5. The Kier molecular flexibility index (Phi) is 7.66. The molecular formula is C24H25N3O4. The van der Waals surface area contributed by atoms with Crippen molar-refractivity contribution in [2.45, 2.75) is 32.1 Å². The van der Waals surface area contributed by atoms with Gasteiger partial charge in [-0.15, -0.1) is 6.42 Å². The molecule has 160 valence electrons. The van der Waals surface area contributed by atoms with Gasteiger partial charge in [0, 0.05) is 23.6 Å². The zero-order valence-electron chi connectivity index (χ0n) is 17.4. The summed E-state index contributed by atoms with van der Waals surface area (Å²) in [5.41, 5.74) is 1.79. The van der Waals surface area contributed by atoms with Gasteiger partial charge in [-0.3, -0.25) is 0 Å². The molecule has 0 unspecified atom stereocenters. The lowest BCUT2D eigenvalue weighted by Crippen LogP contribution is -2.01. The summed E-state index contributed by atoms with van der Waals surface area (Å²) in [6.45, 7) is 0.545. The summed E-state index contributed by atoms with van der Waals surface area (Å²) in [6.07, 6.45) is 12.3. The van der Waals surface area contributed by atoms with E-state index in [1.165, 1.54) is 12.4 Å². The number of methoxy groups -OCH3 is 1. The summed E-state index contributed by atoms with van der Waals surface area (Å²) in [4.78, 5) is 19.1. The van der Waals surface area contributed by atoms with Gasteiger partial charge in [0.2, 0.25) is 0 Å². The average Bonchev–Trinajstić information content (AvgIpc) is 2.79. The van der Waals surface area contributed by atoms with Crippen LogP contribution in [0.4, 0.5) is 11.5 Å². The van der Waals surface area contributed by atoms with E-state index in [9.17, 15) is 9.90 Å². The average molecular weight is 419 g/mol. The van der Waals surface area contributed by atoms with E-state index >= 15 is 0 Å². The normalized spacial score (nSPS) is 10.5. The molecule has 0 spiro atoms. The van der Waals surface area contributed by atoms with Gasteiger partial charge < -0.3 is 24.7 Å². The van der Waals surface area contributed by atoms with Crippen LogP contribution in [0.15, 0.2) is 36.7 Å². The number of phenols is 1. The summed E-state index contributed by atoms with van der Waals surface area (Å²) < 4.78 is 11.4. The predicted molar refractivity (Wildman–Crippen MR) is 120 cm³/mol. The van der Waals surface area contributed by atoms with E-state index in [1.54, 1.807) is 19.2 Å². The van der Waals surface area contributed by atoms with Crippen molar-refractivity contribution < 1.29 is 19.4 Å². The van der Waals surface area contributed by atoms with Crippen molar-refractivity contribution in [2.75, 3.05) is 19.0 Å². The molecule has 2 aromatic carbocycles. The van der Waals surface area contributed by atoms with Crippen LogP contribution in [0.2, 0.25) is 0 Å². The molecule has 0 aliphatic heterocycles. The third-order valence-corrected chi connectivity index (χ3v) is 4.81. The fraction of sp³-hybridized carbons (Fsp3) is 0.292. The Morgan fingerprint density at radius 2 is 1.97 bits per heavy atom. The number of aromatic hydroxyl groups is 1. The molecule has 0 atom stereocenters. The lowest BCUT2D eigenvalue weighted by Gasteiger charge is -2.14. The lowest BCUT2D eigenvalue weighted by molar-refractivity contribution is -0.107. The molecular weight excluding hydrogens is 394 g/mol. The van der Waals surface area contributed by atoms with Gasteiger partial charge in [0.25, 0.3) is 0 Å². The molecule has 7 heteroatoms. The van der Waals surface area contributed by atoms with E-state index in [0.717, 1.165) is 37.4 Å². The molecule has 2 N–H and O–H groups in total. The molecule has 3 aromatic rings. The Bertz CT molecular complexity index is 1090. The number of benzene rings is 2. The van der Waals surface area contributed by atoms with E-state index in [0.29, 0.717) is 47.1 Å². The number of nitrogens with zero attached hydrogens (tertiary/aromatic N) is 2. The number of aldehydes is 1. The van der Waals surface area contributed by atoms with E-state index in [1.807, 2.05) is 12.1 Å². The fourth-order valence-electron chi connectivity index (χ4n) is 3.17. The van der Waals surface area contributed by atoms with Crippen LogP contribution in [-0.4, -0.2) is 35.1 Å². The smallest absolute Gasteiger partial charge is 0.162 e. The highest BCUT2D eigenvalue weighted by Gasteiger charge is 2.12. The zero-order valence-corrected chi connectivity index (χ0v) is 17.4. The molecule has 0 saturated heterocycles. The van der Waals surface area contributed by atoms with Crippen molar-refractivity contribution in [1.29, 1.82) is 0 Å². The Morgan fingerprint density at radius 1 is 1.13 bits per heavy atom. The molecule has 0 saturated carbocycles. The van der Waals surface area contributed by atoms with E-state index in [4.69, 9.17) is 15.9 Å². The number of carbonyl (C=O) groups is 1. The minimum Gasteiger partial charge on any atom is -0.507 e. The largest absolute Gasteiger partial charge is 0.507 e. The van der Waals surface area contributed by atoms with Gasteiger partial charge in [-0.25, -0.2) is 9.97 Å². The third-order valence-electron chi connectivity index (χ3n) is 4.81. The van der Waals surface area contributed by atoms with E-state index < -0.39 is 0 Å². The number of unbranched alkanes of at least 4 members (excludes halogenated alkanes) is 4. The highest BCUT2D eigenvalue weighted by Crippen LogP contribution is 2.35. The number of ether oxygens (including phenoxy) is 2. The molecule has 0 bridgehead atoms. The first-order chi connectivity index (χ1) is 15.2.